The fraction of sp³-hybridized carbons (Fsp3) is 0.222. The molecular weight excluding hydrogens is 286 g/mol. The zero-order valence-electron chi connectivity index (χ0n) is 13.6. The third-order valence-electron chi connectivity index (χ3n) is 3.82. The first-order valence-electron chi connectivity index (χ1n) is 7.64. The van der Waals surface area contributed by atoms with Gasteiger partial charge in [0.25, 0.3) is 0 Å². The van der Waals surface area contributed by atoms with Gasteiger partial charge in [-0.3, -0.25) is 0 Å². The van der Waals surface area contributed by atoms with E-state index in [9.17, 15) is 0 Å². The standard InChI is InChI=1S/C11H14N2.C7H7N3/c1-8(2)10-6-9-4-5-13(3)11(9)12-7-10;8-6-3-5-1-2-9-7(5)10-4-6/h4-8H,1-3H3;1-4H,8H2,(H,9,10). The summed E-state index contributed by atoms with van der Waals surface area (Å²) in [6, 6.07) is 8.15. The first kappa shape index (κ1) is 15.1. The highest BCUT2D eigenvalue weighted by Crippen LogP contribution is 2.19. The second kappa shape index (κ2) is 6.12. The Hall–Kier alpha value is -2.82. The number of nitrogens with one attached hydrogen (secondary N) is 1. The van der Waals surface area contributed by atoms with Crippen molar-refractivity contribution in [1.82, 2.24) is 19.5 Å². The molecule has 4 rings (SSSR count). The third-order valence-corrected chi connectivity index (χ3v) is 3.82. The molecule has 0 fully saturated rings. The van der Waals surface area contributed by atoms with E-state index >= 15 is 0 Å². The van der Waals surface area contributed by atoms with Crippen molar-refractivity contribution >= 4 is 27.8 Å². The minimum atomic E-state index is 0.553. The van der Waals surface area contributed by atoms with Gasteiger partial charge < -0.3 is 15.3 Å². The second-order valence-electron chi connectivity index (χ2n) is 5.95. The van der Waals surface area contributed by atoms with Crippen LogP contribution < -0.4 is 5.73 Å². The summed E-state index contributed by atoms with van der Waals surface area (Å²) in [6.07, 6.45) is 7.49. The molecule has 23 heavy (non-hydrogen) atoms. The maximum Gasteiger partial charge on any atom is 0.139 e. The molecule has 5 nitrogen and oxygen atoms in total. The van der Waals surface area contributed by atoms with Gasteiger partial charge in [-0.15, -0.1) is 0 Å². The van der Waals surface area contributed by atoms with Crippen molar-refractivity contribution in [3.63, 3.8) is 0 Å². The van der Waals surface area contributed by atoms with E-state index in [0.717, 1.165) is 16.7 Å². The average molecular weight is 307 g/mol. The van der Waals surface area contributed by atoms with E-state index in [-0.39, 0.29) is 0 Å². The van der Waals surface area contributed by atoms with Crippen LogP contribution in [0.2, 0.25) is 0 Å². The zero-order chi connectivity index (χ0) is 16.4. The van der Waals surface area contributed by atoms with Crippen LogP contribution in [0.5, 0.6) is 0 Å². The number of fused-ring (bicyclic) bond motifs is 2. The molecule has 0 amide bonds. The van der Waals surface area contributed by atoms with Gasteiger partial charge in [-0.05, 0) is 35.7 Å². The molecule has 118 valence electrons. The van der Waals surface area contributed by atoms with Crippen molar-refractivity contribution in [2.24, 2.45) is 7.05 Å². The Bertz CT molecular complexity index is 933. The fourth-order valence-electron chi connectivity index (χ4n) is 2.44. The van der Waals surface area contributed by atoms with Gasteiger partial charge in [0.2, 0.25) is 0 Å². The van der Waals surface area contributed by atoms with Crippen LogP contribution in [-0.2, 0) is 7.05 Å². The van der Waals surface area contributed by atoms with Crippen LogP contribution in [0.25, 0.3) is 22.1 Å². The van der Waals surface area contributed by atoms with Gasteiger partial charge >= 0.3 is 0 Å². The normalized spacial score (nSPS) is 11.0. The molecular formula is C18H21N5. The lowest BCUT2D eigenvalue weighted by Crippen LogP contribution is -1.91. The Morgan fingerprint density at radius 2 is 1.91 bits per heavy atom. The summed E-state index contributed by atoms with van der Waals surface area (Å²) in [5.74, 6) is 0.553. The maximum absolute atomic E-state index is 5.51. The zero-order valence-corrected chi connectivity index (χ0v) is 13.6. The topological polar surface area (TPSA) is 72.5 Å². The molecule has 4 heterocycles. The average Bonchev–Trinajstić information content (AvgIpc) is 3.14. The molecule has 0 aliphatic heterocycles. The van der Waals surface area contributed by atoms with Crippen LogP contribution in [-0.4, -0.2) is 19.5 Å². The first-order valence-corrected chi connectivity index (χ1v) is 7.64. The Balaban J connectivity index is 0.000000140. The van der Waals surface area contributed by atoms with E-state index in [4.69, 9.17) is 5.73 Å². The van der Waals surface area contributed by atoms with Gasteiger partial charge in [0, 0.05) is 36.4 Å². The third kappa shape index (κ3) is 3.18. The lowest BCUT2D eigenvalue weighted by atomic mass is 10.1. The molecule has 0 bridgehead atoms. The SMILES string of the molecule is CC(C)c1cnc2c(ccn2C)c1.Nc1cnc2[nH]ccc2c1. The summed E-state index contributed by atoms with van der Waals surface area (Å²) in [5, 5.41) is 2.29. The molecule has 0 aliphatic carbocycles. The summed E-state index contributed by atoms with van der Waals surface area (Å²) in [4.78, 5) is 11.5. The summed E-state index contributed by atoms with van der Waals surface area (Å²) in [6.45, 7) is 4.37. The highest BCUT2D eigenvalue weighted by Gasteiger charge is 2.03. The summed E-state index contributed by atoms with van der Waals surface area (Å²) in [7, 11) is 2.02. The smallest absolute Gasteiger partial charge is 0.139 e. The number of H-pyrrole nitrogens is 1. The van der Waals surface area contributed by atoms with E-state index < -0.39 is 0 Å². The summed E-state index contributed by atoms with van der Waals surface area (Å²) >= 11 is 0. The minimum absolute atomic E-state index is 0.553. The van der Waals surface area contributed by atoms with Gasteiger partial charge in [0.15, 0.2) is 0 Å². The van der Waals surface area contributed by atoms with Crippen molar-refractivity contribution in [3.8, 4) is 0 Å². The van der Waals surface area contributed by atoms with Crippen LogP contribution in [0.15, 0.2) is 49.1 Å². The molecule has 0 atom stereocenters. The van der Waals surface area contributed by atoms with E-state index in [1.54, 1.807) is 6.20 Å². The minimum Gasteiger partial charge on any atom is -0.397 e. The lowest BCUT2D eigenvalue weighted by molar-refractivity contribution is 0.858. The second-order valence-corrected chi connectivity index (χ2v) is 5.95. The van der Waals surface area contributed by atoms with Crippen molar-refractivity contribution in [2.75, 3.05) is 5.73 Å². The van der Waals surface area contributed by atoms with E-state index in [2.05, 4.69) is 40.9 Å². The Kier molecular flexibility index (Phi) is 4.02. The molecule has 0 unspecified atom stereocenters. The van der Waals surface area contributed by atoms with Crippen molar-refractivity contribution in [1.29, 1.82) is 0 Å². The van der Waals surface area contributed by atoms with E-state index in [0.29, 0.717) is 11.6 Å². The Morgan fingerprint density at radius 3 is 2.70 bits per heavy atom. The van der Waals surface area contributed by atoms with Gasteiger partial charge in [0.1, 0.15) is 11.3 Å². The van der Waals surface area contributed by atoms with Crippen LogP contribution in [0.1, 0.15) is 25.3 Å². The molecule has 0 spiro atoms. The predicted molar refractivity (Wildman–Crippen MR) is 95.3 cm³/mol. The highest BCUT2D eigenvalue weighted by atomic mass is 15.0. The molecule has 3 N–H and O–H groups in total. The van der Waals surface area contributed by atoms with Crippen molar-refractivity contribution in [2.45, 2.75) is 19.8 Å². The Labute approximate surface area is 135 Å². The summed E-state index contributed by atoms with van der Waals surface area (Å²) < 4.78 is 2.04. The number of hydrogen-bond donors (Lipinski definition) is 2. The van der Waals surface area contributed by atoms with Crippen LogP contribution in [0.3, 0.4) is 0 Å². The van der Waals surface area contributed by atoms with Crippen LogP contribution in [0.4, 0.5) is 5.69 Å². The number of nitrogens with zero attached hydrogens (tertiary/aromatic N) is 3. The monoisotopic (exact) mass is 307 g/mol. The number of aryl methyl sites for hydroxylation is 1. The molecule has 4 aromatic heterocycles. The summed E-state index contributed by atoms with van der Waals surface area (Å²) in [5.41, 5.74) is 9.46. The Morgan fingerprint density at radius 1 is 1.09 bits per heavy atom. The number of aromatic amines is 1. The number of nitrogen functional groups attached to an aromatic ring is 1. The quantitative estimate of drug-likeness (QED) is 0.561. The number of aromatic nitrogens is 4. The van der Waals surface area contributed by atoms with Crippen molar-refractivity contribution < 1.29 is 0 Å². The molecule has 0 saturated heterocycles. The van der Waals surface area contributed by atoms with Crippen LogP contribution in [0, 0.1) is 0 Å². The number of anilines is 1. The highest BCUT2D eigenvalue weighted by molar-refractivity contribution is 5.78. The van der Waals surface area contributed by atoms with Gasteiger partial charge in [-0.1, -0.05) is 13.8 Å². The number of pyridine rings is 2. The number of hydrogen-bond acceptors (Lipinski definition) is 3. The molecule has 0 aliphatic rings. The van der Waals surface area contributed by atoms with Crippen molar-refractivity contribution in [3.05, 3.63) is 54.6 Å². The largest absolute Gasteiger partial charge is 0.397 e. The first-order chi connectivity index (χ1) is 11.0. The van der Waals surface area contributed by atoms with Gasteiger partial charge in [-0.2, -0.15) is 0 Å². The lowest BCUT2D eigenvalue weighted by Gasteiger charge is -2.04. The van der Waals surface area contributed by atoms with E-state index in [1.807, 2.05) is 42.3 Å². The molecule has 0 saturated carbocycles. The molecule has 5 heteroatoms. The van der Waals surface area contributed by atoms with Crippen LogP contribution >= 0.6 is 0 Å². The van der Waals surface area contributed by atoms with Gasteiger partial charge in [-0.25, -0.2) is 9.97 Å². The molecule has 0 radical (unpaired) electrons. The van der Waals surface area contributed by atoms with E-state index in [1.165, 1.54) is 10.9 Å². The molecule has 4 aromatic rings. The fourth-order valence-corrected chi connectivity index (χ4v) is 2.44. The molecule has 0 aromatic carbocycles. The maximum atomic E-state index is 5.51. The number of nitrogens with two attached hydrogens (primary N) is 1. The van der Waals surface area contributed by atoms with Gasteiger partial charge in [0.05, 0.1) is 11.9 Å². The number of rotatable bonds is 1. The predicted octanol–water partition coefficient (Wildman–Crippen LogP) is 3.84.